The number of halogens is 2. The van der Waals surface area contributed by atoms with Crippen LogP contribution in [0.5, 0.6) is 5.75 Å². The van der Waals surface area contributed by atoms with Gasteiger partial charge in [-0.05, 0) is 35.7 Å². The fourth-order valence-electron chi connectivity index (χ4n) is 1.78. The molecule has 0 aliphatic heterocycles. The predicted octanol–water partition coefficient (Wildman–Crippen LogP) is 3.86. The monoisotopic (exact) mass is 312 g/mol. The Kier molecular flexibility index (Phi) is 4.27. The molecular weight excluding hydrogens is 298 g/mol. The van der Waals surface area contributed by atoms with E-state index in [1.165, 1.54) is 6.07 Å². The molecule has 0 unspecified atom stereocenters. The van der Waals surface area contributed by atoms with Crippen LogP contribution in [0.3, 0.4) is 0 Å². The smallest absolute Gasteiger partial charge is 0.342 e. The number of hydrogen-bond donors (Lipinski definition) is 0. The van der Waals surface area contributed by atoms with Crippen LogP contribution >= 0.6 is 0 Å². The Bertz CT molecular complexity index is 755. The molecule has 6 heteroatoms. The van der Waals surface area contributed by atoms with E-state index < -0.39 is 26.6 Å². The fourth-order valence-corrected chi connectivity index (χ4v) is 2.75. The van der Waals surface area contributed by atoms with Gasteiger partial charge in [0.1, 0.15) is 22.3 Å². The third-order valence-electron chi connectivity index (χ3n) is 2.89. The Labute approximate surface area is 122 Å². The van der Waals surface area contributed by atoms with E-state index in [1.807, 2.05) is 19.9 Å². The zero-order valence-electron chi connectivity index (χ0n) is 11.5. The maximum atomic E-state index is 13.6. The van der Waals surface area contributed by atoms with Crippen LogP contribution in [0.4, 0.5) is 8.78 Å². The second-order valence-corrected chi connectivity index (χ2v) is 6.35. The first kappa shape index (κ1) is 15.4. The normalized spacial score (nSPS) is 11.7. The van der Waals surface area contributed by atoms with E-state index in [0.29, 0.717) is 6.07 Å². The van der Waals surface area contributed by atoms with Gasteiger partial charge >= 0.3 is 10.1 Å². The van der Waals surface area contributed by atoms with Crippen LogP contribution in [0.2, 0.25) is 0 Å². The molecule has 0 radical (unpaired) electrons. The molecule has 0 aliphatic carbocycles. The molecule has 2 aromatic rings. The highest BCUT2D eigenvalue weighted by Gasteiger charge is 2.22. The van der Waals surface area contributed by atoms with E-state index in [1.54, 1.807) is 12.1 Å². The molecule has 0 amide bonds. The van der Waals surface area contributed by atoms with Crippen LogP contribution in [-0.4, -0.2) is 8.42 Å². The quantitative estimate of drug-likeness (QED) is 0.805. The summed E-state index contributed by atoms with van der Waals surface area (Å²) >= 11 is 0. The van der Waals surface area contributed by atoms with E-state index in [9.17, 15) is 17.2 Å². The number of hydrogen-bond acceptors (Lipinski definition) is 3. The van der Waals surface area contributed by atoms with Gasteiger partial charge in [-0.1, -0.05) is 26.0 Å². The topological polar surface area (TPSA) is 43.4 Å². The first-order valence-corrected chi connectivity index (χ1v) is 7.70. The van der Waals surface area contributed by atoms with Crippen molar-refractivity contribution in [1.29, 1.82) is 0 Å². The first-order chi connectivity index (χ1) is 9.79. The molecule has 0 N–H and O–H groups in total. The van der Waals surface area contributed by atoms with Gasteiger partial charge in [0.25, 0.3) is 0 Å². The van der Waals surface area contributed by atoms with Crippen LogP contribution in [0.1, 0.15) is 25.3 Å². The zero-order valence-corrected chi connectivity index (χ0v) is 12.3. The lowest BCUT2D eigenvalue weighted by atomic mass is 10.0. The summed E-state index contributed by atoms with van der Waals surface area (Å²) in [5.41, 5.74) is 0.891. The SMILES string of the molecule is CC(C)c1cccc(OS(=O)(=O)c2ccc(F)cc2F)c1. The minimum Gasteiger partial charge on any atom is -0.379 e. The molecule has 3 nitrogen and oxygen atoms in total. The molecule has 0 fully saturated rings. The molecule has 0 aliphatic rings. The molecule has 2 rings (SSSR count). The summed E-state index contributed by atoms with van der Waals surface area (Å²) in [6, 6.07) is 8.73. The van der Waals surface area contributed by atoms with Gasteiger partial charge in [0.05, 0.1) is 0 Å². The van der Waals surface area contributed by atoms with Gasteiger partial charge < -0.3 is 4.18 Å². The summed E-state index contributed by atoms with van der Waals surface area (Å²) in [6.45, 7) is 3.90. The van der Waals surface area contributed by atoms with Crippen molar-refractivity contribution in [2.75, 3.05) is 0 Å². The lowest BCUT2D eigenvalue weighted by molar-refractivity contribution is 0.474. The second kappa shape index (κ2) is 5.81. The molecule has 0 bridgehead atoms. The van der Waals surface area contributed by atoms with Gasteiger partial charge in [-0.2, -0.15) is 8.42 Å². The van der Waals surface area contributed by atoms with Crippen molar-refractivity contribution < 1.29 is 21.4 Å². The van der Waals surface area contributed by atoms with Gasteiger partial charge in [0.15, 0.2) is 0 Å². The van der Waals surface area contributed by atoms with E-state index in [4.69, 9.17) is 4.18 Å². The zero-order chi connectivity index (χ0) is 15.6. The average Bonchev–Trinajstić information content (AvgIpc) is 2.37. The van der Waals surface area contributed by atoms with E-state index >= 15 is 0 Å². The van der Waals surface area contributed by atoms with Crippen molar-refractivity contribution in [1.82, 2.24) is 0 Å². The van der Waals surface area contributed by atoms with E-state index in [0.717, 1.165) is 17.7 Å². The summed E-state index contributed by atoms with van der Waals surface area (Å²) in [4.78, 5) is -0.696. The summed E-state index contributed by atoms with van der Waals surface area (Å²) in [6.07, 6.45) is 0. The highest BCUT2D eigenvalue weighted by molar-refractivity contribution is 7.87. The third kappa shape index (κ3) is 3.58. The maximum Gasteiger partial charge on any atom is 0.342 e. The minimum atomic E-state index is -4.34. The van der Waals surface area contributed by atoms with Crippen molar-refractivity contribution in [2.45, 2.75) is 24.7 Å². The first-order valence-electron chi connectivity index (χ1n) is 6.29. The van der Waals surface area contributed by atoms with Gasteiger partial charge in [0.2, 0.25) is 0 Å². The maximum absolute atomic E-state index is 13.6. The van der Waals surface area contributed by atoms with Crippen molar-refractivity contribution in [3.8, 4) is 5.75 Å². The standard InChI is InChI=1S/C15H14F2O3S/c1-10(2)11-4-3-5-13(8-11)20-21(18,19)15-7-6-12(16)9-14(15)17/h3-10H,1-2H3. The molecule has 0 saturated carbocycles. The molecule has 0 atom stereocenters. The van der Waals surface area contributed by atoms with Gasteiger partial charge in [-0.3, -0.25) is 0 Å². The lowest BCUT2D eigenvalue weighted by Gasteiger charge is -2.10. The Morgan fingerprint density at radius 2 is 1.76 bits per heavy atom. The molecule has 0 spiro atoms. The molecular formula is C15H14F2O3S. The molecule has 0 saturated heterocycles. The van der Waals surface area contributed by atoms with Crippen LogP contribution in [0.25, 0.3) is 0 Å². The summed E-state index contributed by atoms with van der Waals surface area (Å²) in [5, 5.41) is 0. The van der Waals surface area contributed by atoms with Crippen LogP contribution < -0.4 is 4.18 Å². The largest absolute Gasteiger partial charge is 0.379 e. The molecule has 112 valence electrons. The van der Waals surface area contributed by atoms with Crippen LogP contribution in [0.15, 0.2) is 47.4 Å². The highest BCUT2D eigenvalue weighted by Crippen LogP contribution is 2.24. The van der Waals surface area contributed by atoms with Crippen molar-refractivity contribution >= 4 is 10.1 Å². The van der Waals surface area contributed by atoms with E-state index in [-0.39, 0.29) is 11.7 Å². The number of rotatable bonds is 4. The Morgan fingerprint density at radius 1 is 1.05 bits per heavy atom. The molecule has 0 aromatic heterocycles. The highest BCUT2D eigenvalue weighted by atomic mass is 32.2. The third-order valence-corrected chi connectivity index (χ3v) is 4.18. The summed E-state index contributed by atoms with van der Waals surface area (Å²) < 4.78 is 55.4. The molecule has 0 heterocycles. The summed E-state index contributed by atoms with van der Waals surface area (Å²) in [5.74, 6) is -1.76. The van der Waals surface area contributed by atoms with Gasteiger partial charge in [0, 0.05) is 6.07 Å². The predicted molar refractivity (Wildman–Crippen MR) is 74.7 cm³/mol. The Morgan fingerprint density at radius 3 is 2.38 bits per heavy atom. The molecule has 21 heavy (non-hydrogen) atoms. The van der Waals surface area contributed by atoms with Crippen molar-refractivity contribution in [3.63, 3.8) is 0 Å². The molecule has 2 aromatic carbocycles. The lowest BCUT2D eigenvalue weighted by Crippen LogP contribution is -2.12. The number of benzene rings is 2. The van der Waals surface area contributed by atoms with Crippen LogP contribution in [0, 0.1) is 11.6 Å². The van der Waals surface area contributed by atoms with E-state index in [2.05, 4.69) is 0 Å². The van der Waals surface area contributed by atoms with Crippen molar-refractivity contribution in [2.24, 2.45) is 0 Å². The Balaban J connectivity index is 2.35. The Hall–Kier alpha value is -1.95. The summed E-state index contributed by atoms with van der Waals surface area (Å²) in [7, 11) is -4.34. The second-order valence-electron chi connectivity index (χ2n) is 4.84. The van der Waals surface area contributed by atoms with Gasteiger partial charge in [-0.15, -0.1) is 0 Å². The van der Waals surface area contributed by atoms with Gasteiger partial charge in [-0.25, -0.2) is 8.78 Å². The van der Waals surface area contributed by atoms with Crippen LogP contribution in [-0.2, 0) is 10.1 Å². The fraction of sp³-hybridized carbons (Fsp3) is 0.200. The van der Waals surface area contributed by atoms with Crippen molar-refractivity contribution in [3.05, 3.63) is 59.7 Å². The minimum absolute atomic E-state index is 0.0879. The average molecular weight is 312 g/mol.